The lowest BCUT2D eigenvalue weighted by molar-refractivity contribution is 0.853. The molecule has 2 heterocycles. The summed E-state index contributed by atoms with van der Waals surface area (Å²) in [6.07, 6.45) is 7.05. The van der Waals surface area contributed by atoms with Crippen molar-refractivity contribution >= 4 is 0 Å². The van der Waals surface area contributed by atoms with Gasteiger partial charge >= 0.3 is 0 Å². The van der Waals surface area contributed by atoms with E-state index in [1.165, 1.54) is 25.2 Å². The maximum absolute atomic E-state index is 3.61. The predicted molar refractivity (Wildman–Crippen MR) is 37.4 cm³/mol. The van der Waals surface area contributed by atoms with Crippen molar-refractivity contribution < 1.29 is 0 Å². The molecule has 0 aliphatic heterocycles. The smallest absolute Gasteiger partial charge is 0.160 e. The minimum absolute atomic E-state index is 1.28. The van der Waals surface area contributed by atoms with E-state index in [0.717, 1.165) is 0 Å². The molecule has 0 aromatic carbocycles. The van der Waals surface area contributed by atoms with Crippen LogP contribution in [0.15, 0.2) is 31.4 Å². The Morgan fingerprint density at radius 2 is 1.08 bits per heavy atom. The Labute approximate surface area is 67.9 Å². The van der Waals surface area contributed by atoms with Crippen LogP contribution in [0.4, 0.5) is 0 Å². The first kappa shape index (κ1) is 8.05. The standard InChI is InChI=1S/C3H3N3.C2H2N4/c1-2-5-6-3-4-1;1-3-5-2-6-4-1/h1-3H;1-2H. The molecular formula is C5H5N7. The maximum Gasteiger partial charge on any atom is 0.160 e. The van der Waals surface area contributed by atoms with Crippen LogP contribution in [0.2, 0.25) is 0 Å². The minimum atomic E-state index is 1.28. The van der Waals surface area contributed by atoms with Crippen LogP contribution in [0.3, 0.4) is 0 Å². The second-order valence-electron chi connectivity index (χ2n) is 1.49. The molecule has 7 nitrogen and oxygen atoms in total. The van der Waals surface area contributed by atoms with E-state index >= 15 is 0 Å². The Kier molecular flexibility index (Phi) is 3.83. The monoisotopic (exact) mass is 163 g/mol. The zero-order valence-corrected chi connectivity index (χ0v) is 6.02. The molecule has 0 aliphatic carbocycles. The number of hydrogen-bond donors (Lipinski definition) is 0. The van der Waals surface area contributed by atoms with Crippen molar-refractivity contribution in [3.05, 3.63) is 31.4 Å². The lowest BCUT2D eigenvalue weighted by Crippen LogP contribution is -1.81. The van der Waals surface area contributed by atoms with Crippen molar-refractivity contribution in [1.29, 1.82) is 0 Å². The molecule has 0 aliphatic rings. The number of rotatable bonds is 0. The third-order valence-corrected chi connectivity index (χ3v) is 0.744. The molecule has 0 fully saturated rings. The highest BCUT2D eigenvalue weighted by Gasteiger charge is 1.61. The average Bonchev–Trinajstić information content (AvgIpc) is 2.24. The van der Waals surface area contributed by atoms with Gasteiger partial charge in [-0.25, -0.2) is 4.98 Å². The fourth-order valence-corrected chi connectivity index (χ4v) is 0.370. The van der Waals surface area contributed by atoms with Gasteiger partial charge in [-0.2, -0.15) is 5.10 Å². The molecule has 12 heavy (non-hydrogen) atoms. The van der Waals surface area contributed by atoms with Gasteiger partial charge in [-0.15, -0.1) is 25.5 Å². The molecule has 7 heteroatoms. The maximum atomic E-state index is 3.61. The molecule has 0 atom stereocenters. The summed E-state index contributed by atoms with van der Waals surface area (Å²) in [6, 6.07) is 0. The Morgan fingerprint density at radius 3 is 1.25 bits per heavy atom. The van der Waals surface area contributed by atoms with Gasteiger partial charge in [0.15, 0.2) is 12.7 Å². The second kappa shape index (κ2) is 5.71. The molecule has 2 aromatic rings. The van der Waals surface area contributed by atoms with Gasteiger partial charge in [-0.1, -0.05) is 0 Å². The number of hydrogen-bond acceptors (Lipinski definition) is 7. The molecule has 0 bridgehead atoms. The second-order valence-corrected chi connectivity index (χ2v) is 1.49. The Hall–Kier alpha value is -2.05. The van der Waals surface area contributed by atoms with Crippen LogP contribution in [-0.2, 0) is 0 Å². The quantitative estimate of drug-likeness (QED) is 0.499. The summed E-state index contributed by atoms with van der Waals surface area (Å²) in [5, 5.41) is 20.3. The normalized spacial score (nSPS) is 8.00. The van der Waals surface area contributed by atoms with Crippen molar-refractivity contribution in [3.8, 4) is 0 Å². The van der Waals surface area contributed by atoms with Crippen LogP contribution in [0.5, 0.6) is 0 Å². The van der Waals surface area contributed by atoms with Crippen LogP contribution in [-0.4, -0.2) is 35.6 Å². The van der Waals surface area contributed by atoms with E-state index in [4.69, 9.17) is 0 Å². The van der Waals surface area contributed by atoms with Crippen molar-refractivity contribution in [2.24, 2.45) is 0 Å². The van der Waals surface area contributed by atoms with Crippen molar-refractivity contribution in [2.75, 3.05) is 0 Å². The Morgan fingerprint density at radius 1 is 0.500 bits per heavy atom. The third-order valence-electron chi connectivity index (χ3n) is 0.744. The van der Waals surface area contributed by atoms with Crippen LogP contribution >= 0.6 is 0 Å². The summed E-state index contributed by atoms with van der Waals surface area (Å²) in [5.41, 5.74) is 0. The van der Waals surface area contributed by atoms with Crippen LogP contribution < -0.4 is 0 Å². The molecule has 0 saturated carbocycles. The highest BCUT2D eigenvalue weighted by molar-refractivity contribution is 4.59. The number of nitrogens with zero attached hydrogens (tertiary/aromatic N) is 7. The van der Waals surface area contributed by atoms with E-state index in [1.807, 2.05) is 0 Å². The van der Waals surface area contributed by atoms with Crippen LogP contribution in [0.1, 0.15) is 0 Å². The predicted octanol–water partition coefficient (Wildman–Crippen LogP) is -0.862. The molecule has 0 radical (unpaired) electrons. The van der Waals surface area contributed by atoms with E-state index in [1.54, 1.807) is 6.20 Å². The van der Waals surface area contributed by atoms with Gasteiger partial charge in [-0.05, 0) is 0 Å². The lowest BCUT2D eigenvalue weighted by Gasteiger charge is -1.69. The minimum Gasteiger partial charge on any atom is -0.241 e. The summed E-state index contributed by atoms with van der Waals surface area (Å²) in [6.45, 7) is 0. The van der Waals surface area contributed by atoms with Crippen molar-refractivity contribution in [3.63, 3.8) is 0 Å². The van der Waals surface area contributed by atoms with E-state index in [2.05, 4.69) is 35.6 Å². The van der Waals surface area contributed by atoms with Gasteiger partial charge in [0, 0.05) is 6.20 Å². The molecule has 2 aromatic heterocycles. The van der Waals surface area contributed by atoms with E-state index in [9.17, 15) is 0 Å². The average molecular weight is 163 g/mol. The molecule has 2 rings (SSSR count). The van der Waals surface area contributed by atoms with Gasteiger partial charge in [-0.3, -0.25) is 0 Å². The fraction of sp³-hybridized carbons (Fsp3) is 0. The fourth-order valence-electron chi connectivity index (χ4n) is 0.370. The van der Waals surface area contributed by atoms with Crippen LogP contribution in [0.25, 0.3) is 0 Å². The molecule has 0 spiro atoms. The first-order valence-electron chi connectivity index (χ1n) is 3.00. The molecule has 60 valence electrons. The summed E-state index contributed by atoms with van der Waals surface area (Å²) >= 11 is 0. The molecular weight excluding hydrogens is 158 g/mol. The first-order valence-corrected chi connectivity index (χ1v) is 3.00. The topological polar surface area (TPSA) is 90.2 Å². The third kappa shape index (κ3) is 3.88. The zero-order valence-electron chi connectivity index (χ0n) is 6.02. The van der Waals surface area contributed by atoms with Gasteiger partial charge in [0.25, 0.3) is 0 Å². The molecule has 0 saturated heterocycles. The SMILES string of the molecule is c1cnncn1.c1nncnn1. The summed E-state index contributed by atoms with van der Waals surface area (Å²) in [7, 11) is 0. The summed E-state index contributed by atoms with van der Waals surface area (Å²) < 4.78 is 0. The van der Waals surface area contributed by atoms with Gasteiger partial charge < -0.3 is 0 Å². The van der Waals surface area contributed by atoms with Crippen molar-refractivity contribution in [2.45, 2.75) is 0 Å². The molecule has 0 N–H and O–H groups in total. The van der Waals surface area contributed by atoms with E-state index in [-0.39, 0.29) is 0 Å². The van der Waals surface area contributed by atoms with E-state index < -0.39 is 0 Å². The lowest BCUT2D eigenvalue weighted by atomic mass is 10.9. The Bertz CT molecular complexity index is 187. The highest BCUT2D eigenvalue weighted by atomic mass is 15.2. The van der Waals surface area contributed by atoms with E-state index in [0.29, 0.717) is 0 Å². The molecule has 0 amide bonds. The van der Waals surface area contributed by atoms with Gasteiger partial charge in [0.2, 0.25) is 0 Å². The van der Waals surface area contributed by atoms with Crippen molar-refractivity contribution in [1.82, 2.24) is 35.6 Å². The largest absolute Gasteiger partial charge is 0.241 e. The van der Waals surface area contributed by atoms with Gasteiger partial charge in [0.1, 0.15) is 6.33 Å². The summed E-state index contributed by atoms with van der Waals surface area (Å²) in [4.78, 5) is 3.61. The first-order chi connectivity index (χ1) is 6.00. The number of aromatic nitrogens is 7. The van der Waals surface area contributed by atoms with Crippen LogP contribution in [0, 0.1) is 0 Å². The summed E-state index contributed by atoms with van der Waals surface area (Å²) in [5.74, 6) is 0. The highest BCUT2D eigenvalue weighted by Crippen LogP contribution is 1.59. The molecule has 0 unspecified atom stereocenters. The Balaban J connectivity index is 0.000000120. The van der Waals surface area contributed by atoms with Gasteiger partial charge in [0.05, 0.1) is 6.20 Å². The zero-order chi connectivity index (χ0) is 8.49.